The molecule has 3 aliphatic rings. The molecule has 3 aliphatic heterocycles. The number of anilines is 2. The molecule has 10 heteroatoms. The van der Waals surface area contributed by atoms with Gasteiger partial charge in [-0.15, -0.1) is 0 Å². The lowest BCUT2D eigenvalue weighted by Crippen LogP contribution is -2.53. The number of nitrogens with zero attached hydrogens (tertiary/aromatic N) is 4. The van der Waals surface area contributed by atoms with E-state index in [0.29, 0.717) is 31.9 Å². The highest BCUT2D eigenvalue weighted by molar-refractivity contribution is 5.89. The van der Waals surface area contributed by atoms with Gasteiger partial charge in [0.15, 0.2) is 0 Å². The van der Waals surface area contributed by atoms with Gasteiger partial charge in [-0.2, -0.15) is 0 Å². The van der Waals surface area contributed by atoms with Gasteiger partial charge in [0, 0.05) is 33.1 Å². The molecule has 4 heterocycles. The van der Waals surface area contributed by atoms with Crippen LogP contribution in [0.15, 0.2) is 18.3 Å². The van der Waals surface area contributed by atoms with E-state index >= 15 is 0 Å². The van der Waals surface area contributed by atoms with Crippen LogP contribution in [0.3, 0.4) is 0 Å². The highest BCUT2D eigenvalue weighted by atomic mass is 16.6. The molecule has 0 aromatic carbocycles. The Morgan fingerprint density at radius 3 is 2.70 bits per heavy atom. The maximum Gasteiger partial charge on any atom is 0.414 e. The van der Waals surface area contributed by atoms with Crippen LogP contribution in [0, 0.1) is 0 Å². The Morgan fingerprint density at radius 2 is 2.07 bits per heavy atom. The fourth-order valence-corrected chi connectivity index (χ4v) is 4.09. The first kappa shape index (κ1) is 20.4. The molecule has 4 rings (SSSR count). The first-order valence-corrected chi connectivity index (χ1v) is 10.5. The molecule has 1 aromatic rings. The van der Waals surface area contributed by atoms with Crippen LogP contribution in [0.2, 0.25) is 0 Å². The van der Waals surface area contributed by atoms with E-state index in [1.807, 2.05) is 17.0 Å². The van der Waals surface area contributed by atoms with Crippen molar-refractivity contribution in [2.24, 2.45) is 0 Å². The Kier molecular flexibility index (Phi) is 6.03. The molecule has 3 amide bonds. The van der Waals surface area contributed by atoms with Gasteiger partial charge in [0.2, 0.25) is 11.8 Å². The predicted octanol–water partition coefficient (Wildman–Crippen LogP) is -0.0565. The SMILES string of the molecule is CC(=O)NCC1CN(c2ccc(N3CCN(C(=O)C4CCCN4)CC3)nc2)C(=O)O1. The Labute approximate surface area is 175 Å². The van der Waals surface area contributed by atoms with Gasteiger partial charge in [0.1, 0.15) is 11.9 Å². The monoisotopic (exact) mass is 416 g/mol. The molecule has 0 radical (unpaired) electrons. The summed E-state index contributed by atoms with van der Waals surface area (Å²) in [6.07, 6.45) is 2.84. The molecular weight excluding hydrogens is 388 g/mol. The van der Waals surface area contributed by atoms with Crippen LogP contribution in [0.25, 0.3) is 0 Å². The fraction of sp³-hybridized carbons (Fsp3) is 0.600. The molecule has 1 aromatic heterocycles. The Bertz CT molecular complexity index is 787. The van der Waals surface area contributed by atoms with Gasteiger partial charge in [-0.25, -0.2) is 9.78 Å². The molecule has 10 nitrogen and oxygen atoms in total. The molecule has 2 N–H and O–H groups in total. The number of rotatable bonds is 5. The van der Waals surface area contributed by atoms with E-state index in [1.165, 1.54) is 11.8 Å². The summed E-state index contributed by atoms with van der Waals surface area (Å²) in [5.41, 5.74) is 0.662. The number of aromatic nitrogens is 1. The second-order valence-electron chi connectivity index (χ2n) is 7.89. The standard InChI is InChI=1S/C20H28N6O4/c1-14(27)22-12-16-13-26(20(29)30-16)15-4-5-18(23-11-15)24-7-9-25(10-8-24)19(28)17-3-2-6-21-17/h4-5,11,16-17,21H,2-3,6-10,12-13H2,1H3,(H,22,27). The molecule has 30 heavy (non-hydrogen) atoms. The van der Waals surface area contributed by atoms with Gasteiger partial charge in [-0.1, -0.05) is 0 Å². The first-order valence-electron chi connectivity index (χ1n) is 10.5. The molecule has 2 atom stereocenters. The highest BCUT2D eigenvalue weighted by Crippen LogP contribution is 2.23. The number of carbonyl (C=O) groups excluding carboxylic acids is 3. The van der Waals surface area contributed by atoms with Crippen molar-refractivity contribution >= 4 is 29.4 Å². The molecule has 0 bridgehead atoms. The van der Waals surface area contributed by atoms with E-state index in [-0.39, 0.29) is 24.0 Å². The number of hydrogen-bond acceptors (Lipinski definition) is 7. The number of hydrogen-bond donors (Lipinski definition) is 2. The summed E-state index contributed by atoms with van der Waals surface area (Å²) in [5, 5.41) is 5.93. The van der Waals surface area contributed by atoms with Crippen molar-refractivity contribution in [3.8, 4) is 0 Å². The lowest BCUT2D eigenvalue weighted by atomic mass is 10.2. The fourth-order valence-electron chi connectivity index (χ4n) is 4.09. The Balaban J connectivity index is 1.30. The maximum absolute atomic E-state index is 12.5. The molecule has 0 aliphatic carbocycles. The average molecular weight is 416 g/mol. The number of carbonyl (C=O) groups is 3. The maximum atomic E-state index is 12.5. The van der Waals surface area contributed by atoms with Crippen LogP contribution in [0.1, 0.15) is 19.8 Å². The molecular formula is C20H28N6O4. The minimum absolute atomic E-state index is 0.0244. The van der Waals surface area contributed by atoms with Crippen molar-refractivity contribution in [2.45, 2.75) is 31.9 Å². The van der Waals surface area contributed by atoms with Crippen LogP contribution in [0.5, 0.6) is 0 Å². The van der Waals surface area contributed by atoms with Crippen LogP contribution >= 0.6 is 0 Å². The van der Waals surface area contributed by atoms with E-state index < -0.39 is 6.09 Å². The third kappa shape index (κ3) is 4.48. The van der Waals surface area contributed by atoms with E-state index in [1.54, 1.807) is 6.20 Å². The Hall–Kier alpha value is -2.88. The van der Waals surface area contributed by atoms with E-state index in [0.717, 1.165) is 38.3 Å². The van der Waals surface area contributed by atoms with Gasteiger partial charge >= 0.3 is 6.09 Å². The molecule has 0 spiro atoms. The Morgan fingerprint density at radius 1 is 1.27 bits per heavy atom. The lowest BCUT2D eigenvalue weighted by molar-refractivity contribution is -0.133. The van der Waals surface area contributed by atoms with E-state index in [9.17, 15) is 14.4 Å². The largest absolute Gasteiger partial charge is 0.442 e. The average Bonchev–Trinajstić information content (AvgIpc) is 3.42. The van der Waals surface area contributed by atoms with Crippen molar-refractivity contribution in [1.29, 1.82) is 0 Å². The molecule has 2 unspecified atom stereocenters. The molecule has 3 fully saturated rings. The van der Waals surface area contributed by atoms with Crippen LogP contribution in [0.4, 0.5) is 16.3 Å². The summed E-state index contributed by atoms with van der Waals surface area (Å²) in [6, 6.07) is 3.72. The summed E-state index contributed by atoms with van der Waals surface area (Å²) in [7, 11) is 0. The van der Waals surface area contributed by atoms with E-state index in [2.05, 4.69) is 20.5 Å². The number of amides is 3. The zero-order valence-corrected chi connectivity index (χ0v) is 17.2. The minimum atomic E-state index is -0.437. The summed E-state index contributed by atoms with van der Waals surface area (Å²) in [5.74, 6) is 0.876. The van der Waals surface area contributed by atoms with E-state index in [4.69, 9.17) is 4.74 Å². The third-order valence-electron chi connectivity index (χ3n) is 5.77. The van der Waals surface area contributed by atoms with Crippen molar-refractivity contribution in [1.82, 2.24) is 20.5 Å². The zero-order chi connectivity index (χ0) is 21.1. The molecule has 3 saturated heterocycles. The summed E-state index contributed by atoms with van der Waals surface area (Å²) >= 11 is 0. The van der Waals surface area contributed by atoms with Crippen LogP contribution in [-0.2, 0) is 14.3 Å². The molecule has 162 valence electrons. The number of ether oxygens (including phenoxy) is 1. The topological polar surface area (TPSA) is 107 Å². The normalized spacial score (nSPS) is 24.2. The van der Waals surface area contributed by atoms with Crippen molar-refractivity contribution in [3.63, 3.8) is 0 Å². The first-order chi connectivity index (χ1) is 14.5. The highest BCUT2D eigenvalue weighted by Gasteiger charge is 2.33. The quantitative estimate of drug-likeness (QED) is 0.693. The third-order valence-corrected chi connectivity index (χ3v) is 5.77. The second kappa shape index (κ2) is 8.86. The minimum Gasteiger partial charge on any atom is -0.442 e. The zero-order valence-electron chi connectivity index (χ0n) is 17.2. The van der Waals surface area contributed by atoms with Gasteiger partial charge in [-0.05, 0) is 31.5 Å². The van der Waals surface area contributed by atoms with Crippen molar-refractivity contribution in [2.75, 3.05) is 55.6 Å². The second-order valence-corrected chi connectivity index (χ2v) is 7.89. The predicted molar refractivity (Wildman–Crippen MR) is 110 cm³/mol. The summed E-state index contributed by atoms with van der Waals surface area (Å²) in [4.78, 5) is 45.8. The summed E-state index contributed by atoms with van der Waals surface area (Å²) in [6.45, 7) is 5.85. The summed E-state index contributed by atoms with van der Waals surface area (Å²) < 4.78 is 5.29. The number of cyclic esters (lactones) is 1. The molecule has 0 saturated carbocycles. The van der Waals surface area contributed by atoms with Crippen molar-refractivity contribution in [3.05, 3.63) is 18.3 Å². The van der Waals surface area contributed by atoms with Gasteiger partial charge in [0.25, 0.3) is 0 Å². The smallest absolute Gasteiger partial charge is 0.414 e. The lowest BCUT2D eigenvalue weighted by Gasteiger charge is -2.36. The van der Waals surface area contributed by atoms with Gasteiger partial charge < -0.3 is 25.2 Å². The number of piperazine rings is 1. The van der Waals surface area contributed by atoms with Crippen LogP contribution < -0.4 is 20.4 Å². The number of nitrogens with one attached hydrogen (secondary N) is 2. The van der Waals surface area contributed by atoms with Gasteiger partial charge in [0.05, 0.1) is 31.0 Å². The van der Waals surface area contributed by atoms with Crippen molar-refractivity contribution < 1.29 is 19.1 Å². The van der Waals surface area contributed by atoms with Gasteiger partial charge in [-0.3, -0.25) is 14.5 Å². The number of pyridine rings is 1. The van der Waals surface area contributed by atoms with Crippen LogP contribution in [-0.4, -0.2) is 85.8 Å².